The quantitative estimate of drug-likeness (QED) is 0.227. The van der Waals surface area contributed by atoms with E-state index in [4.69, 9.17) is 19.6 Å². The van der Waals surface area contributed by atoms with Crippen LogP contribution in [0.1, 0.15) is 66.1 Å². The highest BCUT2D eigenvalue weighted by molar-refractivity contribution is 5.95. The van der Waals surface area contributed by atoms with Crippen LogP contribution >= 0.6 is 0 Å². The fraction of sp³-hybridized carbons (Fsp3) is 0.500. The van der Waals surface area contributed by atoms with Crippen LogP contribution in [0.4, 0.5) is 4.39 Å². The SMILES string of the molecule is COCCCOC(=O)c1cc2cc(CC(=O)[C@@H]3[C@@H](c4ccccc4)CCN3C(=O)C3CCC([C@H](N)CF)CC3)ccc2o1. The fourth-order valence-electron chi connectivity index (χ4n) is 6.69. The number of hydrogen-bond acceptors (Lipinski definition) is 7. The molecule has 1 aromatic heterocycles. The molecule has 43 heavy (non-hydrogen) atoms. The highest BCUT2D eigenvalue weighted by Crippen LogP contribution is 2.38. The number of esters is 1. The normalized spacial score (nSPS) is 22.9. The molecule has 1 saturated carbocycles. The van der Waals surface area contributed by atoms with Crippen molar-refractivity contribution in [1.82, 2.24) is 4.90 Å². The summed E-state index contributed by atoms with van der Waals surface area (Å²) < 4.78 is 29.0. The number of nitrogens with two attached hydrogens (primary N) is 1. The second-order valence-electron chi connectivity index (χ2n) is 11.8. The lowest BCUT2D eigenvalue weighted by molar-refractivity contribution is -0.142. The smallest absolute Gasteiger partial charge is 0.374 e. The number of nitrogens with zero attached hydrogens (tertiary/aromatic N) is 1. The predicted octanol–water partition coefficient (Wildman–Crippen LogP) is 5.23. The maximum atomic E-state index is 14.0. The number of carbonyl (C=O) groups excluding carboxylic acids is 3. The molecule has 5 rings (SSSR count). The van der Waals surface area contributed by atoms with Crippen molar-refractivity contribution in [3.8, 4) is 0 Å². The lowest BCUT2D eigenvalue weighted by atomic mass is 9.78. The number of amides is 1. The molecular weight excluding hydrogens is 551 g/mol. The summed E-state index contributed by atoms with van der Waals surface area (Å²) in [5.41, 5.74) is 8.30. The number of benzene rings is 2. The van der Waals surface area contributed by atoms with Crippen molar-refractivity contribution >= 4 is 28.6 Å². The molecule has 1 saturated heterocycles. The zero-order valence-electron chi connectivity index (χ0n) is 24.7. The van der Waals surface area contributed by atoms with E-state index in [1.807, 2.05) is 42.5 Å². The summed E-state index contributed by atoms with van der Waals surface area (Å²) in [6.45, 7) is 0.705. The average Bonchev–Trinajstić information content (AvgIpc) is 3.68. The second-order valence-corrected chi connectivity index (χ2v) is 11.8. The van der Waals surface area contributed by atoms with Crippen molar-refractivity contribution in [1.29, 1.82) is 0 Å². The monoisotopic (exact) mass is 592 g/mol. The fourth-order valence-corrected chi connectivity index (χ4v) is 6.69. The molecular formula is C34H41FN2O6. The van der Waals surface area contributed by atoms with Gasteiger partial charge in [0.1, 0.15) is 12.3 Å². The number of methoxy groups -OCH3 is 1. The largest absolute Gasteiger partial charge is 0.460 e. The van der Waals surface area contributed by atoms with E-state index in [0.29, 0.717) is 49.8 Å². The van der Waals surface area contributed by atoms with E-state index >= 15 is 0 Å². The van der Waals surface area contributed by atoms with Gasteiger partial charge in [0.15, 0.2) is 5.78 Å². The maximum absolute atomic E-state index is 14.0. The Bertz CT molecular complexity index is 1400. The van der Waals surface area contributed by atoms with Crippen LogP contribution in [-0.4, -0.2) is 68.2 Å². The van der Waals surface area contributed by atoms with E-state index in [1.165, 1.54) is 0 Å². The Kier molecular flexibility index (Phi) is 10.3. The Morgan fingerprint density at radius 2 is 1.79 bits per heavy atom. The number of ketones is 1. The minimum atomic E-state index is -0.571. The molecule has 0 spiro atoms. The molecule has 2 heterocycles. The molecule has 0 bridgehead atoms. The van der Waals surface area contributed by atoms with E-state index in [2.05, 4.69) is 0 Å². The molecule has 2 aromatic carbocycles. The Morgan fingerprint density at radius 3 is 2.51 bits per heavy atom. The number of alkyl halides is 1. The van der Waals surface area contributed by atoms with Gasteiger partial charge in [-0.2, -0.15) is 0 Å². The van der Waals surface area contributed by atoms with Crippen LogP contribution in [0.5, 0.6) is 0 Å². The third-order valence-electron chi connectivity index (χ3n) is 9.03. The van der Waals surface area contributed by atoms with Crippen molar-refractivity contribution in [2.45, 2.75) is 62.9 Å². The maximum Gasteiger partial charge on any atom is 0.374 e. The molecule has 3 aromatic rings. The summed E-state index contributed by atoms with van der Waals surface area (Å²) in [5, 5.41) is 0.705. The van der Waals surface area contributed by atoms with E-state index < -0.39 is 24.7 Å². The first-order valence-corrected chi connectivity index (χ1v) is 15.3. The number of hydrogen-bond donors (Lipinski definition) is 1. The zero-order valence-corrected chi connectivity index (χ0v) is 24.7. The number of rotatable bonds is 12. The Hall–Kier alpha value is -3.56. The number of fused-ring (bicyclic) bond motifs is 1. The molecule has 230 valence electrons. The van der Waals surface area contributed by atoms with Crippen LogP contribution in [0.3, 0.4) is 0 Å². The van der Waals surface area contributed by atoms with Gasteiger partial charge in [0.05, 0.1) is 12.6 Å². The van der Waals surface area contributed by atoms with E-state index in [-0.39, 0.29) is 48.2 Å². The summed E-state index contributed by atoms with van der Waals surface area (Å²) in [6, 6.07) is 15.9. The average molecular weight is 593 g/mol. The Labute approximate surface area is 251 Å². The van der Waals surface area contributed by atoms with Crippen molar-refractivity contribution in [2.24, 2.45) is 17.6 Å². The molecule has 1 amide bonds. The van der Waals surface area contributed by atoms with Crippen LogP contribution in [0.15, 0.2) is 59.0 Å². The molecule has 1 aliphatic carbocycles. The van der Waals surface area contributed by atoms with Crippen LogP contribution in [0.25, 0.3) is 11.0 Å². The topological polar surface area (TPSA) is 112 Å². The van der Waals surface area contributed by atoms with Crippen molar-refractivity contribution < 1.29 is 32.7 Å². The van der Waals surface area contributed by atoms with Crippen LogP contribution < -0.4 is 5.73 Å². The molecule has 2 N–H and O–H groups in total. The minimum Gasteiger partial charge on any atom is -0.460 e. The Balaban J connectivity index is 1.31. The third-order valence-corrected chi connectivity index (χ3v) is 9.03. The number of likely N-dealkylation sites (tertiary alicyclic amines) is 1. The molecule has 0 radical (unpaired) electrons. The second kappa shape index (κ2) is 14.3. The van der Waals surface area contributed by atoms with Gasteiger partial charge in [-0.25, -0.2) is 9.18 Å². The molecule has 2 fully saturated rings. The summed E-state index contributed by atoms with van der Waals surface area (Å²) in [7, 11) is 1.59. The van der Waals surface area contributed by atoms with Gasteiger partial charge >= 0.3 is 5.97 Å². The van der Waals surface area contributed by atoms with Gasteiger partial charge in [-0.1, -0.05) is 36.4 Å². The van der Waals surface area contributed by atoms with Gasteiger partial charge in [-0.3, -0.25) is 9.59 Å². The first kappa shape index (κ1) is 30.9. The summed E-state index contributed by atoms with van der Waals surface area (Å²) >= 11 is 0. The zero-order chi connectivity index (χ0) is 30.3. The van der Waals surface area contributed by atoms with Crippen LogP contribution in [0, 0.1) is 11.8 Å². The number of Topliss-reactive ketones (excluding diaryl/α,β-unsaturated/α-hetero) is 1. The van der Waals surface area contributed by atoms with E-state index in [0.717, 1.165) is 24.0 Å². The summed E-state index contributed by atoms with van der Waals surface area (Å²) in [6.07, 6.45) is 4.23. The minimum absolute atomic E-state index is 0.0167. The predicted molar refractivity (Wildman–Crippen MR) is 160 cm³/mol. The molecule has 0 unspecified atom stereocenters. The van der Waals surface area contributed by atoms with Gasteiger partial charge in [0, 0.05) is 56.4 Å². The number of carbonyl (C=O) groups is 3. The molecule has 9 heteroatoms. The first-order valence-electron chi connectivity index (χ1n) is 15.3. The van der Waals surface area contributed by atoms with Crippen molar-refractivity contribution in [3.63, 3.8) is 0 Å². The number of halogens is 1. The van der Waals surface area contributed by atoms with Crippen molar-refractivity contribution in [3.05, 3.63) is 71.5 Å². The highest BCUT2D eigenvalue weighted by atomic mass is 19.1. The van der Waals surface area contributed by atoms with E-state index in [1.54, 1.807) is 24.1 Å². The third kappa shape index (κ3) is 7.16. The van der Waals surface area contributed by atoms with Crippen LogP contribution in [-0.2, 0) is 25.5 Å². The molecule has 3 atom stereocenters. The van der Waals surface area contributed by atoms with Gasteiger partial charge in [0.25, 0.3) is 0 Å². The summed E-state index contributed by atoms with van der Waals surface area (Å²) in [5.74, 6) is -0.616. The van der Waals surface area contributed by atoms with Gasteiger partial charge in [-0.05, 0) is 67.3 Å². The lowest BCUT2D eigenvalue weighted by Crippen LogP contribution is -2.47. The number of ether oxygens (including phenoxy) is 2. The highest BCUT2D eigenvalue weighted by Gasteiger charge is 2.44. The number of furan rings is 1. The standard InChI is InChI=1S/C34H41FN2O6/c1-41-16-5-17-42-34(40)31-20-26-18-22(8-13-30(26)43-31)19-29(38)32-27(23-6-3-2-4-7-23)14-15-37(32)33(39)25-11-9-24(10-12-25)28(36)21-35/h2-4,6-8,13,18,20,24-25,27-28,32H,5,9-12,14-17,19,21,36H2,1H3/t24?,25?,27-,28-,32+/m1/s1. The van der Waals surface area contributed by atoms with Crippen LogP contribution in [0.2, 0.25) is 0 Å². The molecule has 8 nitrogen and oxygen atoms in total. The first-order chi connectivity index (χ1) is 20.9. The van der Waals surface area contributed by atoms with E-state index in [9.17, 15) is 18.8 Å². The molecule has 2 aliphatic rings. The molecule has 1 aliphatic heterocycles. The van der Waals surface area contributed by atoms with Gasteiger partial charge in [0.2, 0.25) is 11.7 Å². The summed E-state index contributed by atoms with van der Waals surface area (Å²) in [4.78, 5) is 42.1. The Morgan fingerprint density at radius 1 is 1.02 bits per heavy atom. The van der Waals surface area contributed by atoms with Crippen molar-refractivity contribution in [2.75, 3.05) is 33.5 Å². The van der Waals surface area contributed by atoms with Gasteiger partial charge < -0.3 is 24.5 Å². The van der Waals surface area contributed by atoms with Gasteiger partial charge in [-0.15, -0.1) is 0 Å². The lowest BCUT2D eigenvalue weighted by Gasteiger charge is -2.35.